The molecule has 3 rings (SSSR count). The lowest BCUT2D eigenvalue weighted by molar-refractivity contribution is 0.515. The molecule has 0 spiro atoms. The van der Waals surface area contributed by atoms with E-state index in [4.69, 9.17) is 0 Å². The quantitative estimate of drug-likeness (QED) is 0.933. The summed E-state index contributed by atoms with van der Waals surface area (Å²) in [5.74, 6) is 2.19. The van der Waals surface area contributed by atoms with Crippen LogP contribution in [0.4, 0.5) is 0 Å². The molecular formula is C15H19BrN4. The minimum Gasteiger partial charge on any atom is -0.314 e. The molecule has 1 aromatic heterocycles. The van der Waals surface area contributed by atoms with Crippen LogP contribution in [0.15, 0.2) is 22.7 Å². The first-order valence-electron chi connectivity index (χ1n) is 7.05. The molecule has 0 saturated heterocycles. The molecule has 1 aliphatic rings. The second-order valence-corrected chi connectivity index (χ2v) is 6.28. The van der Waals surface area contributed by atoms with Gasteiger partial charge in [0.2, 0.25) is 0 Å². The number of fused-ring (bicyclic) bond motifs is 1. The van der Waals surface area contributed by atoms with Crippen molar-refractivity contribution in [3.8, 4) is 0 Å². The molecule has 0 amide bonds. The Labute approximate surface area is 127 Å². The molecule has 20 heavy (non-hydrogen) atoms. The average molecular weight is 335 g/mol. The summed E-state index contributed by atoms with van der Waals surface area (Å²) in [5, 5.41) is 12.1. The van der Waals surface area contributed by atoms with Crippen LogP contribution in [0, 0.1) is 6.92 Å². The monoisotopic (exact) mass is 334 g/mol. The Bertz CT molecular complexity index is 620. The molecule has 0 aliphatic carbocycles. The predicted octanol–water partition coefficient (Wildman–Crippen LogP) is 3.15. The molecule has 1 aliphatic heterocycles. The van der Waals surface area contributed by atoms with E-state index in [0.29, 0.717) is 0 Å². The summed E-state index contributed by atoms with van der Waals surface area (Å²) in [7, 11) is 0. The summed E-state index contributed by atoms with van der Waals surface area (Å²) >= 11 is 3.62. The van der Waals surface area contributed by atoms with Crippen LogP contribution in [-0.2, 0) is 19.5 Å². The Morgan fingerprint density at radius 2 is 2.25 bits per heavy atom. The van der Waals surface area contributed by atoms with Crippen molar-refractivity contribution < 1.29 is 0 Å². The van der Waals surface area contributed by atoms with Crippen molar-refractivity contribution in [3.05, 3.63) is 45.4 Å². The molecule has 106 valence electrons. The van der Waals surface area contributed by atoms with Crippen molar-refractivity contribution in [1.82, 2.24) is 20.1 Å². The zero-order chi connectivity index (χ0) is 14.1. The van der Waals surface area contributed by atoms with E-state index < -0.39 is 0 Å². The van der Waals surface area contributed by atoms with E-state index in [1.54, 1.807) is 0 Å². The fourth-order valence-electron chi connectivity index (χ4n) is 2.64. The largest absolute Gasteiger partial charge is 0.314 e. The normalized spacial score (nSPS) is 15.3. The van der Waals surface area contributed by atoms with Crippen LogP contribution in [0.25, 0.3) is 0 Å². The van der Waals surface area contributed by atoms with Crippen LogP contribution < -0.4 is 5.32 Å². The minimum absolute atomic E-state index is 0.211. The second kappa shape index (κ2) is 5.66. The molecule has 0 radical (unpaired) electrons. The van der Waals surface area contributed by atoms with Gasteiger partial charge in [0.15, 0.2) is 0 Å². The van der Waals surface area contributed by atoms with Crippen LogP contribution in [-0.4, -0.2) is 14.8 Å². The van der Waals surface area contributed by atoms with Crippen molar-refractivity contribution in [3.63, 3.8) is 0 Å². The summed E-state index contributed by atoms with van der Waals surface area (Å²) in [4.78, 5) is 0. The number of nitrogens with zero attached hydrogens (tertiary/aromatic N) is 3. The van der Waals surface area contributed by atoms with Crippen molar-refractivity contribution in [2.75, 3.05) is 0 Å². The number of halogens is 1. The highest BCUT2D eigenvalue weighted by atomic mass is 79.9. The smallest absolute Gasteiger partial charge is 0.149 e. The summed E-state index contributed by atoms with van der Waals surface area (Å²) in [6, 6.07) is 6.66. The molecule has 0 fully saturated rings. The van der Waals surface area contributed by atoms with Gasteiger partial charge in [-0.25, -0.2) is 0 Å². The van der Waals surface area contributed by atoms with Gasteiger partial charge in [0.25, 0.3) is 0 Å². The van der Waals surface area contributed by atoms with E-state index >= 15 is 0 Å². The third-order valence-electron chi connectivity index (χ3n) is 3.83. The van der Waals surface area contributed by atoms with E-state index in [0.717, 1.165) is 35.6 Å². The van der Waals surface area contributed by atoms with Crippen molar-refractivity contribution in [2.45, 2.75) is 45.8 Å². The number of hydrogen-bond donors (Lipinski definition) is 1. The molecular weight excluding hydrogens is 316 g/mol. The molecule has 1 atom stereocenters. The van der Waals surface area contributed by atoms with Gasteiger partial charge in [0.05, 0.1) is 6.04 Å². The Kier molecular flexibility index (Phi) is 3.89. The molecule has 2 aromatic rings. The van der Waals surface area contributed by atoms with Gasteiger partial charge in [0, 0.05) is 24.0 Å². The van der Waals surface area contributed by atoms with Gasteiger partial charge in [-0.3, -0.25) is 0 Å². The highest BCUT2D eigenvalue weighted by molar-refractivity contribution is 9.10. The maximum absolute atomic E-state index is 4.33. The number of aromatic nitrogens is 3. The fraction of sp³-hybridized carbons (Fsp3) is 0.467. The van der Waals surface area contributed by atoms with E-state index in [9.17, 15) is 0 Å². The van der Waals surface area contributed by atoms with Crippen LogP contribution in [0.1, 0.15) is 42.2 Å². The van der Waals surface area contributed by atoms with E-state index in [2.05, 4.69) is 68.1 Å². The van der Waals surface area contributed by atoms with Gasteiger partial charge < -0.3 is 9.88 Å². The van der Waals surface area contributed by atoms with Gasteiger partial charge in [-0.15, -0.1) is 10.2 Å². The molecule has 0 bridgehead atoms. The van der Waals surface area contributed by atoms with Crippen molar-refractivity contribution >= 4 is 15.9 Å². The van der Waals surface area contributed by atoms with Gasteiger partial charge in [0.1, 0.15) is 11.6 Å². The third kappa shape index (κ3) is 2.65. The zero-order valence-electron chi connectivity index (χ0n) is 11.9. The fourth-order valence-corrected chi connectivity index (χ4v) is 3.28. The predicted molar refractivity (Wildman–Crippen MR) is 82.5 cm³/mol. The summed E-state index contributed by atoms with van der Waals surface area (Å²) in [6.45, 7) is 6.13. The maximum Gasteiger partial charge on any atom is 0.149 e. The lowest BCUT2D eigenvalue weighted by Gasteiger charge is -2.14. The second-order valence-electron chi connectivity index (χ2n) is 5.43. The number of aryl methyl sites for hydroxylation is 2. The third-order valence-corrected chi connectivity index (χ3v) is 4.57. The Balaban J connectivity index is 1.68. The van der Waals surface area contributed by atoms with Gasteiger partial charge >= 0.3 is 0 Å². The minimum atomic E-state index is 0.211. The number of nitrogens with one attached hydrogen (secondary N) is 1. The van der Waals surface area contributed by atoms with E-state index in [1.807, 2.05) is 0 Å². The average Bonchev–Trinajstić information content (AvgIpc) is 2.99. The summed E-state index contributed by atoms with van der Waals surface area (Å²) in [5.41, 5.74) is 2.53. The number of hydrogen-bond acceptors (Lipinski definition) is 3. The molecule has 0 saturated carbocycles. The number of benzene rings is 1. The van der Waals surface area contributed by atoms with E-state index in [-0.39, 0.29) is 6.04 Å². The molecule has 4 nitrogen and oxygen atoms in total. The van der Waals surface area contributed by atoms with Crippen molar-refractivity contribution in [1.29, 1.82) is 0 Å². The molecule has 2 heterocycles. The number of rotatable bonds is 4. The van der Waals surface area contributed by atoms with Crippen molar-refractivity contribution in [2.24, 2.45) is 0 Å². The summed E-state index contributed by atoms with van der Waals surface area (Å²) < 4.78 is 3.41. The molecule has 1 aromatic carbocycles. The van der Waals surface area contributed by atoms with Gasteiger partial charge in [-0.2, -0.15) is 0 Å². The first-order valence-corrected chi connectivity index (χ1v) is 7.85. The molecule has 1 N–H and O–H groups in total. The summed E-state index contributed by atoms with van der Waals surface area (Å²) in [6.07, 6.45) is 2.25. The first kappa shape index (κ1) is 13.8. The Hall–Kier alpha value is -1.20. The lowest BCUT2D eigenvalue weighted by atomic mass is 10.1. The highest BCUT2D eigenvalue weighted by Gasteiger charge is 2.20. The van der Waals surface area contributed by atoms with Gasteiger partial charge in [-0.1, -0.05) is 28.1 Å². The maximum atomic E-state index is 4.33. The van der Waals surface area contributed by atoms with Crippen LogP contribution in [0.3, 0.4) is 0 Å². The highest BCUT2D eigenvalue weighted by Crippen LogP contribution is 2.21. The SMILES string of the molecule is Cc1ccc(CNC(C)c2nnc3n2CCC3)c(Br)c1. The van der Waals surface area contributed by atoms with Crippen LogP contribution in [0.5, 0.6) is 0 Å². The Morgan fingerprint density at radius 1 is 1.40 bits per heavy atom. The van der Waals surface area contributed by atoms with E-state index in [1.165, 1.54) is 17.5 Å². The Morgan fingerprint density at radius 3 is 3.05 bits per heavy atom. The standard InChI is InChI=1S/C15H19BrN4/c1-10-5-6-12(13(16)8-10)9-17-11(2)15-19-18-14-4-3-7-20(14)15/h5-6,8,11,17H,3-4,7,9H2,1-2H3. The van der Waals surface area contributed by atoms with Crippen LogP contribution >= 0.6 is 15.9 Å². The first-order chi connectivity index (χ1) is 9.65. The molecule has 1 unspecified atom stereocenters. The lowest BCUT2D eigenvalue weighted by Crippen LogP contribution is -2.21. The topological polar surface area (TPSA) is 42.7 Å². The van der Waals surface area contributed by atoms with Gasteiger partial charge in [-0.05, 0) is 37.5 Å². The van der Waals surface area contributed by atoms with Crippen LogP contribution in [0.2, 0.25) is 0 Å². The molecule has 5 heteroatoms. The zero-order valence-corrected chi connectivity index (χ0v) is 13.4.